The highest BCUT2D eigenvalue weighted by molar-refractivity contribution is 5.42. The standard InChI is InChI=1S/C9H11NO/c1-3-8-6-5-7-9(10-8)11-4-2/h3,5-7H,1,4H2,2H3. The summed E-state index contributed by atoms with van der Waals surface area (Å²) in [6, 6.07) is 5.61. The lowest BCUT2D eigenvalue weighted by atomic mass is 10.3. The molecular formula is C9H11NO. The Hall–Kier alpha value is -1.31. The summed E-state index contributed by atoms with van der Waals surface area (Å²) in [5.41, 5.74) is 0.843. The van der Waals surface area contributed by atoms with Gasteiger partial charge >= 0.3 is 0 Å². The number of nitrogens with zero attached hydrogens (tertiary/aromatic N) is 1. The summed E-state index contributed by atoms with van der Waals surface area (Å²) in [7, 11) is 0. The van der Waals surface area contributed by atoms with Crippen LogP contribution in [0.4, 0.5) is 0 Å². The highest BCUT2D eigenvalue weighted by Crippen LogP contribution is 2.07. The Kier molecular flexibility index (Phi) is 2.66. The lowest BCUT2D eigenvalue weighted by Gasteiger charge is -2.00. The van der Waals surface area contributed by atoms with Crippen LogP contribution >= 0.6 is 0 Å². The van der Waals surface area contributed by atoms with E-state index in [1.165, 1.54) is 0 Å². The van der Waals surface area contributed by atoms with Crippen molar-refractivity contribution in [2.45, 2.75) is 6.92 Å². The van der Waals surface area contributed by atoms with E-state index in [1.807, 2.05) is 25.1 Å². The molecule has 0 aromatic carbocycles. The largest absolute Gasteiger partial charge is 0.478 e. The zero-order valence-corrected chi connectivity index (χ0v) is 6.58. The summed E-state index contributed by atoms with van der Waals surface area (Å²) in [6.07, 6.45) is 1.70. The molecule has 0 unspecified atom stereocenters. The molecule has 0 N–H and O–H groups in total. The van der Waals surface area contributed by atoms with Gasteiger partial charge in [0.2, 0.25) is 5.88 Å². The molecule has 2 heteroatoms. The molecule has 0 atom stereocenters. The average molecular weight is 149 g/mol. The van der Waals surface area contributed by atoms with Gasteiger partial charge in [-0.05, 0) is 19.1 Å². The summed E-state index contributed by atoms with van der Waals surface area (Å²) < 4.78 is 5.19. The van der Waals surface area contributed by atoms with Gasteiger partial charge in [-0.25, -0.2) is 4.98 Å². The molecule has 0 aliphatic rings. The summed E-state index contributed by atoms with van der Waals surface area (Å²) in [5.74, 6) is 0.657. The third-order valence-corrected chi connectivity index (χ3v) is 1.25. The van der Waals surface area contributed by atoms with Crippen LogP contribution in [0.1, 0.15) is 12.6 Å². The van der Waals surface area contributed by atoms with E-state index in [4.69, 9.17) is 4.74 Å². The number of hydrogen-bond acceptors (Lipinski definition) is 2. The fourth-order valence-electron chi connectivity index (χ4n) is 0.773. The van der Waals surface area contributed by atoms with E-state index in [0.717, 1.165) is 5.69 Å². The second-order valence-electron chi connectivity index (χ2n) is 2.04. The zero-order valence-electron chi connectivity index (χ0n) is 6.58. The molecular weight excluding hydrogens is 138 g/mol. The van der Waals surface area contributed by atoms with E-state index in [0.29, 0.717) is 12.5 Å². The van der Waals surface area contributed by atoms with Crippen LogP contribution in [0.5, 0.6) is 5.88 Å². The lowest BCUT2D eigenvalue weighted by Crippen LogP contribution is -1.94. The molecule has 0 radical (unpaired) electrons. The predicted octanol–water partition coefficient (Wildman–Crippen LogP) is 2.12. The van der Waals surface area contributed by atoms with E-state index < -0.39 is 0 Å². The number of pyridine rings is 1. The SMILES string of the molecule is C=Cc1cccc(OCC)n1. The Bertz CT molecular complexity index is 245. The molecule has 11 heavy (non-hydrogen) atoms. The van der Waals surface area contributed by atoms with E-state index in [9.17, 15) is 0 Å². The van der Waals surface area contributed by atoms with Crippen LogP contribution in [0.15, 0.2) is 24.8 Å². The van der Waals surface area contributed by atoms with Gasteiger partial charge < -0.3 is 4.74 Å². The van der Waals surface area contributed by atoms with E-state index in [1.54, 1.807) is 6.08 Å². The topological polar surface area (TPSA) is 22.1 Å². The maximum absolute atomic E-state index is 5.19. The van der Waals surface area contributed by atoms with Crippen LogP contribution in [0.3, 0.4) is 0 Å². The molecule has 0 saturated heterocycles. The molecule has 58 valence electrons. The zero-order chi connectivity index (χ0) is 8.10. The maximum atomic E-state index is 5.19. The van der Waals surface area contributed by atoms with Crippen molar-refractivity contribution in [3.8, 4) is 5.88 Å². The number of ether oxygens (including phenoxy) is 1. The first kappa shape index (κ1) is 7.79. The van der Waals surface area contributed by atoms with Crippen molar-refractivity contribution in [2.75, 3.05) is 6.61 Å². The average Bonchev–Trinajstić information content (AvgIpc) is 2.06. The molecule has 1 heterocycles. The smallest absolute Gasteiger partial charge is 0.213 e. The Balaban J connectivity index is 2.82. The number of aromatic nitrogens is 1. The minimum absolute atomic E-state index is 0.646. The first-order valence-corrected chi connectivity index (χ1v) is 3.59. The molecule has 0 spiro atoms. The first-order chi connectivity index (χ1) is 5.36. The summed E-state index contributed by atoms with van der Waals surface area (Å²) in [4.78, 5) is 4.14. The molecule has 0 aliphatic carbocycles. The molecule has 0 saturated carbocycles. The van der Waals surface area contributed by atoms with E-state index in [-0.39, 0.29) is 0 Å². The van der Waals surface area contributed by atoms with Gasteiger partial charge in [0.05, 0.1) is 12.3 Å². The van der Waals surface area contributed by atoms with Crippen LogP contribution < -0.4 is 4.74 Å². The van der Waals surface area contributed by atoms with Crippen LogP contribution in [0.25, 0.3) is 6.08 Å². The van der Waals surface area contributed by atoms with Crippen LogP contribution in [-0.4, -0.2) is 11.6 Å². The predicted molar refractivity (Wildman–Crippen MR) is 45.5 cm³/mol. The van der Waals surface area contributed by atoms with E-state index >= 15 is 0 Å². The van der Waals surface area contributed by atoms with Crippen molar-refractivity contribution in [1.29, 1.82) is 0 Å². The Morgan fingerprint density at radius 2 is 2.45 bits per heavy atom. The summed E-state index contributed by atoms with van der Waals surface area (Å²) in [6.45, 7) is 6.19. The van der Waals surface area contributed by atoms with Crippen LogP contribution in [0.2, 0.25) is 0 Å². The van der Waals surface area contributed by atoms with Crippen LogP contribution in [-0.2, 0) is 0 Å². The van der Waals surface area contributed by atoms with Crippen molar-refractivity contribution in [1.82, 2.24) is 4.98 Å². The Morgan fingerprint density at radius 1 is 1.64 bits per heavy atom. The van der Waals surface area contributed by atoms with Gasteiger partial charge in [0.1, 0.15) is 0 Å². The molecule has 0 fully saturated rings. The van der Waals surface area contributed by atoms with Gasteiger partial charge in [0.25, 0.3) is 0 Å². The summed E-state index contributed by atoms with van der Waals surface area (Å²) in [5, 5.41) is 0. The minimum Gasteiger partial charge on any atom is -0.478 e. The highest BCUT2D eigenvalue weighted by Gasteiger charge is 1.92. The summed E-state index contributed by atoms with van der Waals surface area (Å²) >= 11 is 0. The van der Waals surface area contributed by atoms with Gasteiger partial charge in [-0.3, -0.25) is 0 Å². The van der Waals surface area contributed by atoms with Gasteiger partial charge in [-0.1, -0.05) is 12.6 Å². The third kappa shape index (κ3) is 2.08. The quantitative estimate of drug-likeness (QED) is 0.656. The van der Waals surface area contributed by atoms with Crippen molar-refractivity contribution in [3.05, 3.63) is 30.5 Å². The van der Waals surface area contributed by atoms with Crippen LogP contribution in [0, 0.1) is 0 Å². The van der Waals surface area contributed by atoms with Crippen molar-refractivity contribution in [2.24, 2.45) is 0 Å². The van der Waals surface area contributed by atoms with Gasteiger partial charge in [-0.2, -0.15) is 0 Å². The Labute approximate surface area is 66.5 Å². The minimum atomic E-state index is 0.646. The number of hydrogen-bond donors (Lipinski definition) is 0. The van der Waals surface area contributed by atoms with Gasteiger partial charge in [-0.15, -0.1) is 0 Å². The third-order valence-electron chi connectivity index (χ3n) is 1.25. The highest BCUT2D eigenvalue weighted by atomic mass is 16.5. The first-order valence-electron chi connectivity index (χ1n) is 3.59. The molecule has 0 amide bonds. The second-order valence-corrected chi connectivity index (χ2v) is 2.04. The lowest BCUT2D eigenvalue weighted by molar-refractivity contribution is 0.326. The maximum Gasteiger partial charge on any atom is 0.213 e. The van der Waals surface area contributed by atoms with Crippen molar-refractivity contribution < 1.29 is 4.74 Å². The Morgan fingerprint density at radius 3 is 3.09 bits per heavy atom. The molecule has 2 nitrogen and oxygen atoms in total. The molecule has 1 aromatic rings. The second kappa shape index (κ2) is 3.76. The molecule has 0 bridgehead atoms. The van der Waals surface area contributed by atoms with Crippen molar-refractivity contribution >= 4 is 6.08 Å². The van der Waals surface area contributed by atoms with Gasteiger partial charge in [0.15, 0.2) is 0 Å². The normalized spacial score (nSPS) is 9.18. The van der Waals surface area contributed by atoms with E-state index in [2.05, 4.69) is 11.6 Å². The number of rotatable bonds is 3. The molecule has 0 aliphatic heterocycles. The van der Waals surface area contributed by atoms with Gasteiger partial charge in [0, 0.05) is 6.07 Å². The fourth-order valence-corrected chi connectivity index (χ4v) is 0.773. The monoisotopic (exact) mass is 149 g/mol. The molecule has 1 aromatic heterocycles. The fraction of sp³-hybridized carbons (Fsp3) is 0.222. The van der Waals surface area contributed by atoms with Crippen molar-refractivity contribution in [3.63, 3.8) is 0 Å². The molecule has 1 rings (SSSR count).